The van der Waals surface area contributed by atoms with Gasteiger partial charge in [-0.3, -0.25) is 4.79 Å². The Hall–Kier alpha value is -4.08. The predicted octanol–water partition coefficient (Wildman–Crippen LogP) is 6.74. The molecule has 40 heavy (non-hydrogen) atoms. The van der Waals surface area contributed by atoms with Crippen LogP contribution in [-0.4, -0.2) is 45.4 Å². The number of nitrogens with one attached hydrogen (secondary N) is 1. The Labute approximate surface area is 231 Å². The number of alkyl halides is 2. The third-order valence-corrected chi connectivity index (χ3v) is 6.62. The van der Waals surface area contributed by atoms with Gasteiger partial charge in [-0.05, 0) is 74.9 Å². The molecule has 7 nitrogen and oxygen atoms in total. The van der Waals surface area contributed by atoms with Gasteiger partial charge in [0, 0.05) is 19.3 Å². The minimum Gasteiger partial charge on any atom is -0.444 e. The van der Waals surface area contributed by atoms with Gasteiger partial charge in [-0.1, -0.05) is 42.0 Å². The Morgan fingerprint density at radius 1 is 0.950 bits per heavy atom. The van der Waals surface area contributed by atoms with E-state index in [9.17, 15) is 22.8 Å². The summed E-state index contributed by atoms with van der Waals surface area (Å²) in [4.78, 5) is 26.8. The van der Waals surface area contributed by atoms with E-state index in [1.54, 1.807) is 24.0 Å². The van der Waals surface area contributed by atoms with Crippen molar-refractivity contribution in [3.8, 4) is 0 Å². The van der Waals surface area contributed by atoms with Gasteiger partial charge in [-0.25, -0.2) is 13.9 Å². The molecule has 0 aliphatic carbocycles. The molecule has 3 aromatic rings. The number of piperidine rings is 1. The average molecular weight is 555 g/mol. The molecule has 0 saturated carbocycles. The number of carbonyl (C=O) groups excluding carboxylic acids is 2. The van der Waals surface area contributed by atoms with Gasteiger partial charge in [0.05, 0.1) is 17.8 Å². The lowest BCUT2D eigenvalue weighted by molar-refractivity contribution is 0.0236. The summed E-state index contributed by atoms with van der Waals surface area (Å²) in [5, 5.41) is 6.31. The number of carbonyl (C=O) groups is 2. The van der Waals surface area contributed by atoms with Gasteiger partial charge in [0.15, 0.2) is 0 Å². The first-order valence-corrected chi connectivity index (χ1v) is 13.1. The van der Waals surface area contributed by atoms with Gasteiger partial charge in [0.25, 0.3) is 5.91 Å². The van der Waals surface area contributed by atoms with Gasteiger partial charge >= 0.3 is 12.6 Å². The Kier molecular flexibility index (Phi) is 8.66. The maximum atomic E-state index is 13.7. The Balaban J connectivity index is 1.53. The van der Waals surface area contributed by atoms with Crippen molar-refractivity contribution < 1.29 is 27.5 Å². The van der Waals surface area contributed by atoms with Crippen molar-refractivity contribution in [2.45, 2.75) is 58.7 Å². The van der Waals surface area contributed by atoms with Crippen molar-refractivity contribution >= 4 is 17.6 Å². The van der Waals surface area contributed by atoms with Crippen LogP contribution in [0.5, 0.6) is 0 Å². The molecule has 212 valence electrons. The minimum absolute atomic E-state index is 0.0461. The number of hydrogen-bond donors (Lipinski definition) is 1. The Bertz CT molecular complexity index is 1370. The molecular formula is C30H33F3N4O3. The highest BCUT2D eigenvalue weighted by atomic mass is 19.3. The highest BCUT2D eigenvalue weighted by Gasteiger charge is 2.26. The molecule has 1 fully saturated rings. The molecule has 2 aromatic carbocycles. The largest absolute Gasteiger partial charge is 0.444 e. The molecule has 0 bridgehead atoms. The van der Waals surface area contributed by atoms with E-state index in [2.05, 4.69) is 10.4 Å². The van der Waals surface area contributed by atoms with Crippen LogP contribution in [0.3, 0.4) is 0 Å². The molecule has 0 unspecified atom stereocenters. The zero-order chi connectivity index (χ0) is 29.0. The van der Waals surface area contributed by atoms with Gasteiger partial charge in [0.2, 0.25) is 0 Å². The van der Waals surface area contributed by atoms with E-state index in [1.165, 1.54) is 12.1 Å². The Morgan fingerprint density at radius 2 is 1.52 bits per heavy atom. The van der Waals surface area contributed by atoms with E-state index in [0.717, 1.165) is 40.2 Å². The molecule has 0 radical (unpaired) electrons. The highest BCUT2D eigenvalue weighted by molar-refractivity contribution is 5.94. The third-order valence-electron chi connectivity index (χ3n) is 6.62. The Morgan fingerprint density at radius 3 is 2.05 bits per heavy atom. The van der Waals surface area contributed by atoms with Gasteiger partial charge in [-0.2, -0.15) is 13.9 Å². The molecule has 0 spiro atoms. The molecule has 4 rings (SSSR count). The van der Waals surface area contributed by atoms with Crippen molar-refractivity contribution in [3.05, 3.63) is 94.6 Å². The lowest BCUT2D eigenvalue weighted by Gasteiger charge is -2.32. The first kappa shape index (κ1) is 28.9. The summed E-state index contributed by atoms with van der Waals surface area (Å²) in [6, 6.07) is 13.6. The van der Waals surface area contributed by atoms with Crippen LogP contribution >= 0.6 is 0 Å². The van der Waals surface area contributed by atoms with Gasteiger partial charge in [0.1, 0.15) is 11.4 Å². The number of amides is 2. The van der Waals surface area contributed by atoms with Crippen LogP contribution in [0.4, 0.5) is 18.0 Å². The van der Waals surface area contributed by atoms with E-state index in [0.29, 0.717) is 30.6 Å². The van der Waals surface area contributed by atoms with E-state index in [1.807, 2.05) is 45.0 Å². The fourth-order valence-corrected chi connectivity index (χ4v) is 4.59. The first-order chi connectivity index (χ1) is 18.9. The quantitative estimate of drug-likeness (QED) is 0.366. The maximum absolute atomic E-state index is 13.7. The van der Waals surface area contributed by atoms with Crippen molar-refractivity contribution in [3.63, 3.8) is 0 Å². The van der Waals surface area contributed by atoms with Crippen LogP contribution < -0.4 is 5.32 Å². The molecule has 1 aromatic heterocycles. The normalized spacial score (nSPS) is 14.7. The number of benzene rings is 2. The predicted molar refractivity (Wildman–Crippen MR) is 145 cm³/mol. The van der Waals surface area contributed by atoms with Gasteiger partial charge in [-0.15, -0.1) is 0 Å². The van der Waals surface area contributed by atoms with Gasteiger partial charge < -0.3 is 15.0 Å². The number of rotatable bonds is 6. The van der Waals surface area contributed by atoms with Crippen LogP contribution in [0, 0.1) is 5.82 Å². The van der Waals surface area contributed by atoms with E-state index >= 15 is 0 Å². The summed E-state index contributed by atoms with van der Waals surface area (Å²) in [6.07, 6.45) is 3.06. The van der Waals surface area contributed by atoms with E-state index in [4.69, 9.17) is 4.74 Å². The standard InChI is InChI=1S/C30H33F3N4O3/c1-19(35-27(38)24-17-34-37(18-24)28(32)33)20-5-7-21(8-6-20)26(22-9-11-25(31)12-10-22)23-13-15-36(16-14-23)29(39)40-30(2,3)4/h5-12,17-19,28H,13-16H2,1-4H3,(H,35,38)/t19-/m1/s1. The molecule has 1 N–H and O–H groups in total. The van der Waals surface area contributed by atoms with Crippen LogP contribution in [0.25, 0.3) is 5.57 Å². The number of aromatic nitrogens is 2. The smallest absolute Gasteiger partial charge is 0.410 e. The zero-order valence-electron chi connectivity index (χ0n) is 23.0. The maximum Gasteiger partial charge on any atom is 0.410 e. The fraction of sp³-hybridized carbons (Fsp3) is 0.367. The lowest BCUT2D eigenvalue weighted by atomic mass is 9.88. The van der Waals surface area contributed by atoms with E-state index in [-0.39, 0.29) is 17.5 Å². The van der Waals surface area contributed by atoms with Crippen molar-refractivity contribution in [1.82, 2.24) is 20.0 Å². The molecule has 1 aliphatic heterocycles. The number of nitrogens with zero attached hydrogens (tertiary/aromatic N) is 3. The summed E-state index contributed by atoms with van der Waals surface area (Å²) < 4.78 is 45.3. The number of hydrogen-bond acceptors (Lipinski definition) is 4. The monoisotopic (exact) mass is 554 g/mol. The van der Waals surface area contributed by atoms with Crippen molar-refractivity contribution in [1.29, 1.82) is 0 Å². The summed E-state index contributed by atoms with van der Waals surface area (Å²) in [6.45, 7) is 5.52. The second kappa shape index (κ2) is 12.0. The molecule has 10 heteroatoms. The van der Waals surface area contributed by atoms with Crippen LogP contribution in [0.1, 0.15) is 80.2 Å². The van der Waals surface area contributed by atoms with Crippen LogP contribution in [0.15, 0.2) is 66.5 Å². The third kappa shape index (κ3) is 7.11. The molecular weight excluding hydrogens is 521 g/mol. The van der Waals surface area contributed by atoms with Crippen molar-refractivity contribution in [2.75, 3.05) is 13.1 Å². The summed E-state index contributed by atoms with van der Waals surface area (Å²) >= 11 is 0. The fourth-order valence-electron chi connectivity index (χ4n) is 4.59. The second-order valence-electron chi connectivity index (χ2n) is 10.8. The molecule has 1 saturated heterocycles. The molecule has 2 amide bonds. The first-order valence-electron chi connectivity index (χ1n) is 13.1. The highest BCUT2D eigenvalue weighted by Crippen LogP contribution is 2.33. The molecule has 1 aliphatic rings. The lowest BCUT2D eigenvalue weighted by Crippen LogP contribution is -2.40. The number of halogens is 3. The van der Waals surface area contributed by atoms with Crippen LogP contribution in [0.2, 0.25) is 0 Å². The SMILES string of the molecule is C[C@@H](NC(=O)c1cnn(C(F)F)c1)c1ccc(C(=C2CCN(C(=O)OC(C)(C)C)CC2)c2ccc(F)cc2)cc1. The number of ether oxygens (including phenoxy) is 1. The van der Waals surface area contributed by atoms with E-state index < -0.39 is 24.1 Å². The molecule has 2 heterocycles. The van der Waals surface area contributed by atoms with Crippen LogP contribution in [-0.2, 0) is 4.74 Å². The summed E-state index contributed by atoms with van der Waals surface area (Å²) in [5.41, 5.74) is 4.22. The summed E-state index contributed by atoms with van der Waals surface area (Å²) in [5.74, 6) is -0.832. The topological polar surface area (TPSA) is 76.5 Å². The summed E-state index contributed by atoms with van der Waals surface area (Å²) in [7, 11) is 0. The zero-order valence-corrected chi connectivity index (χ0v) is 23.0. The second-order valence-corrected chi connectivity index (χ2v) is 10.8. The minimum atomic E-state index is -2.82. The van der Waals surface area contributed by atoms with Crippen molar-refractivity contribution in [2.24, 2.45) is 0 Å². The molecule has 1 atom stereocenters. The average Bonchev–Trinajstić information content (AvgIpc) is 3.41. The number of likely N-dealkylation sites (tertiary alicyclic amines) is 1.